The van der Waals surface area contributed by atoms with Crippen LogP contribution in [0, 0.1) is 17.8 Å². The molecule has 0 saturated heterocycles. The SMILES string of the molecule is COC(=O)C1CC2CCC(C1)C2F. The fourth-order valence-corrected chi connectivity index (χ4v) is 2.81. The number of esters is 1. The Hall–Kier alpha value is -0.600. The molecule has 13 heavy (non-hydrogen) atoms. The van der Waals surface area contributed by atoms with E-state index in [-0.39, 0.29) is 23.7 Å². The molecule has 2 nitrogen and oxygen atoms in total. The van der Waals surface area contributed by atoms with Gasteiger partial charge in [-0.05, 0) is 37.5 Å². The van der Waals surface area contributed by atoms with Gasteiger partial charge in [0.05, 0.1) is 13.0 Å². The quantitative estimate of drug-likeness (QED) is 0.585. The van der Waals surface area contributed by atoms with E-state index in [4.69, 9.17) is 0 Å². The summed E-state index contributed by atoms with van der Waals surface area (Å²) in [7, 11) is 1.41. The van der Waals surface area contributed by atoms with Gasteiger partial charge in [0, 0.05) is 0 Å². The third-order valence-corrected chi connectivity index (χ3v) is 3.52. The maximum atomic E-state index is 13.4. The summed E-state index contributed by atoms with van der Waals surface area (Å²) in [4.78, 5) is 11.2. The van der Waals surface area contributed by atoms with Gasteiger partial charge in [-0.3, -0.25) is 4.79 Å². The zero-order chi connectivity index (χ0) is 9.42. The molecule has 2 atom stereocenters. The highest BCUT2D eigenvalue weighted by Crippen LogP contribution is 2.46. The Bertz CT molecular complexity index is 203. The number of carbonyl (C=O) groups is 1. The number of halogens is 1. The molecule has 2 unspecified atom stereocenters. The first kappa shape index (κ1) is 8.97. The minimum Gasteiger partial charge on any atom is -0.469 e. The molecule has 2 saturated carbocycles. The van der Waals surface area contributed by atoms with Gasteiger partial charge in [-0.15, -0.1) is 0 Å². The molecule has 0 N–H and O–H groups in total. The molecule has 2 rings (SSSR count). The van der Waals surface area contributed by atoms with Crippen molar-refractivity contribution >= 4 is 5.97 Å². The number of hydrogen-bond donors (Lipinski definition) is 0. The second-order valence-electron chi connectivity index (χ2n) is 4.23. The third kappa shape index (κ3) is 1.45. The Morgan fingerprint density at radius 1 is 1.31 bits per heavy atom. The van der Waals surface area contributed by atoms with Crippen molar-refractivity contribution in [2.75, 3.05) is 7.11 Å². The largest absolute Gasteiger partial charge is 0.469 e. The van der Waals surface area contributed by atoms with Gasteiger partial charge in [-0.25, -0.2) is 4.39 Å². The highest BCUT2D eigenvalue weighted by Gasteiger charge is 2.45. The van der Waals surface area contributed by atoms with Gasteiger partial charge >= 0.3 is 5.97 Å². The first-order valence-corrected chi connectivity index (χ1v) is 4.94. The number of carbonyl (C=O) groups excluding carboxylic acids is 1. The first-order chi connectivity index (χ1) is 6.22. The minimum absolute atomic E-state index is 0.0329. The lowest BCUT2D eigenvalue weighted by atomic mass is 9.80. The molecule has 0 heterocycles. The van der Waals surface area contributed by atoms with Crippen molar-refractivity contribution in [1.82, 2.24) is 0 Å². The van der Waals surface area contributed by atoms with Gasteiger partial charge < -0.3 is 4.74 Å². The number of hydrogen-bond acceptors (Lipinski definition) is 2. The third-order valence-electron chi connectivity index (χ3n) is 3.52. The second kappa shape index (κ2) is 3.28. The molecule has 0 aromatic heterocycles. The molecule has 0 aromatic rings. The van der Waals surface area contributed by atoms with E-state index in [1.165, 1.54) is 7.11 Å². The van der Waals surface area contributed by atoms with Crippen LogP contribution in [0.2, 0.25) is 0 Å². The van der Waals surface area contributed by atoms with E-state index in [1.807, 2.05) is 0 Å². The molecule has 3 heteroatoms. The normalized spacial score (nSPS) is 43.2. The lowest BCUT2D eigenvalue weighted by molar-refractivity contribution is -0.148. The molecular weight excluding hydrogens is 171 g/mol. The van der Waals surface area contributed by atoms with Crippen LogP contribution in [-0.4, -0.2) is 19.3 Å². The Morgan fingerprint density at radius 2 is 1.85 bits per heavy atom. The lowest BCUT2D eigenvalue weighted by Gasteiger charge is -2.28. The predicted octanol–water partition coefficient (Wildman–Crippen LogP) is 1.93. The van der Waals surface area contributed by atoms with E-state index >= 15 is 0 Å². The van der Waals surface area contributed by atoms with Crippen molar-refractivity contribution in [3.63, 3.8) is 0 Å². The Balaban J connectivity index is 2.02. The fraction of sp³-hybridized carbons (Fsp3) is 0.900. The van der Waals surface area contributed by atoms with Crippen molar-refractivity contribution in [1.29, 1.82) is 0 Å². The van der Waals surface area contributed by atoms with Crippen molar-refractivity contribution < 1.29 is 13.9 Å². The molecule has 2 aliphatic carbocycles. The summed E-state index contributed by atoms with van der Waals surface area (Å²) in [6, 6.07) is 0. The Kier molecular flexibility index (Phi) is 2.26. The van der Waals surface area contributed by atoms with E-state index in [1.54, 1.807) is 0 Å². The predicted molar refractivity (Wildman–Crippen MR) is 45.9 cm³/mol. The molecule has 74 valence electrons. The first-order valence-electron chi connectivity index (χ1n) is 4.94. The summed E-state index contributed by atoms with van der Waals surface area (Å²) in [6.07, 6.45) is 2.66. The smallest absolute Gasteiger partial charge is 0.308 e. The monoisotopic (exact) mass is 186 g/mol. The number of alkyl halides is 1. The molecule has 2 bridgehead atoms. The minimum atomic E-state index is -0.652. The van der Waals surface area contributed by atoms with Crippen LogP contribution in [-0.2, 0) is 9.53 Å². The lowest BCUT2D eigenvalue weighted by Crippen LogP contribution is -2.31. The average molecular weight is 186 g/mol. The summed E-state index contributed by atoms with van der Waals surface area (Å²) in [5.74, 6) is 0.0731. The van der Waals surface area contributed by atoms with Crippen LogP contribution in [0.4, 0.5) is 4.39 Å². The molecule has 0 spiro atoms. The van der Waals surface area contributed by atoms with Crippen molar-refractivity contribution in [2.24, 2.45) is 17.8 Å². The van der Waals surface area contributed by atoms with Gasteiger partial charge in [0.2, 0.25) is 0 Å². The average Bonchev–Trinajstić information content (AvgIpc) is 2.42. The number of ether oxygens (including phenoxy) is 1. The van der Waals surface area contributed by atoms with Gasteiger partial charge in [0.1, 0.15) is 6.17 Å². The highest BCUT2D eigenvalue weighted by atomic mass is 19.1. The van der Waals surface area contributed by atoms with E-state index in [2.05, 4.69) is 4.74 Å². The van der Waals surface area contributed by atoms with Crippen LogP contribution in [0.25, 0.3) is 0 Å². The van der Waals surface area contributed by atoms with Crippen LogP contribution >= 0.6 is 0 Å². The second-order valence-corrected chi connectivity index (χ2v) is 4.23. The van der Waals surface area contributed by atoms with Gasteiger partial charge in [-0.2, -0.15) is 0 Å². The van der Waals surface area contributed by atoms with Crippen LogP contribution < -0.4 is 0 Å². The number of methoxy groups -OCH3 is 1. The highest BCUT2D eigenvalue weighted by molar-refractivity contribution is 5.72. The van der Waals surface area contributed by atoms with Crippen LogP contribution in [0.1, 0.15) is 25.7 Å². The number of fused-ring (bicyclic) bond motifs is 2. The molecule has 0 aromatic carbocycles. The number of rotatable bonds is 1. The molecule has 0 aliphatic heterocycles. The summed E-state index contributed by atoms with van der Waals surface area (Å²) >= 11 is 0. The van der Waals surface area contributed by atoms with Crippen LogP contribution in [0.5, 0.6) is 0 Å². The van der Waals surface area contributed by atoms with Crippen molar-refractivity contribution in [2.45, 2.75) is 31.9 Å². The van der Waals surface area contributed by atoms with Gasteiger partial charge in [-0.1, -0.05) is 0 Å². The molecule has 2 fully saturated rings. The molecule has 0 radical (unpaired) electrons. The topological polar surface area (TPSA) is 26.3 Å². The molecular formula is C10H15FO2. The van der Waals surface area contributed by atoms with E-state index in [0.717, 1.165) is 12.8 Å². The maximum absolute atomic E-state index is 13.4. The zero-order valence-corrected chi connectivity index (χ0v) is 7.83. The summed E-state index contributed by atoms with van der Waals surface area (Å²) in [5.41, 5.74) is 0. The van der Waals surface area contributed by atoms with E-state index < -0.39 is 6.17 Å². The Morgan fingerprint density at radius 3 is 2.31 bits per heavy atom. The Labute approximate surface area is 77.5 Å². The fourth-order valence-electron chi connectivity index (χ4n) is 2.81. The van der Waals surface area contributed by atoms with Gasteiger partial charge in [0.25, 0.3) is 0 Å². The summed E-state index contributed by atoms with van der Waals surface area (Å²) in [6.45, 7) is 0. The van der Waals surface area contributed by atoms with E-state index in [9.17, 15) is 9.18 Å². The van der Waals surface area contributed by atoms with Crippen molar-refractivity contribution in [3.8, 4) is 0 Å². The van der Waals surface area contributed by atoms with Gasteiger partial charge in [0.15, 0.2) is 0 Å². The maximum Gasteiger partial charge on any atom is 0.308 e. The summed E-state index contributed by atoms with van der Waals surface area (Å²) < 4.78 is 18.1. The standard InChI is InChI=1S/C10H15FO2/c1-13-10(12)8-4-6-2-3-7(5-8)9(6)11/h6-9H,2-5H2,1H3. The summed E-state index contributed by atoms with van der Waals surface area (Å²) in [5, 5.41) is 0. The zero-order valence-electron chi connectivity index (χ0n) is 7.83. The van der Waals surface area contributed by atoms with Crippen LogP contribution in [0.3, 0.4) is 0 Å². The van der Waals surface area contributed by atoms with Crippen molar-refractivity contribution in [3.05, 3.63) is 0 Å². The molecule has 0 amide bonds. The van der Waals surface area contributed by atoms with Crippen LogP contribution in [0.15, 0.2) is 0 Å². The van der Waals surface area contributed by atoms with E-state index in [0.29, 0.717) is 12.8 Å². The molecule has 2 aliphatic rings.